The zero-order valence-electron chi connectivity index (χ0n) is 16.0. The van der Waals surface area contributed by atoms with Crippen molar-refractivity contribution in [3.63, 3.8) is 0 Å². The van der Waals surface area contributed by atoms with Crippen LogP contribution in [0, 0.1) is 5.92 Å². The van der Waals surface area contributed by atoms with Crippen LogP contribution in [0.15, 0.2) is 83.0 Å². The molecule has 0 saturated carbocycles. The molecule has 0 saturated heterocycles. The van der Waals surface area contributed by atoms with Crippen molar-refractivity contribution >= 4 is 19.2 Å². The van der Waals surface area contributed by atoms with Crippen molar-refractivity contribution in [2.45, 2.75) is 46.6 Å². The van der Waals surface area contributed by atoms with Crippen molar-refractivity contribution in [3.05, 3.63) is 83.0 Å². The molecule has 25 heavy (non-hydrogen) atoms. The van der Waals surface area contributed by atoms with Crippen LogP contribution in [0.3, 0.4) is 0 Å². The lowest BCUT2D eigenvalue weighted by molar-refractivity contribution is 0.731. The molecule has 1 aliphatic rings. The van der Waals surface area contributed by atoms with Crippen molar-refractivity contribution in [3.8, 4) is 0 Å². The van der Waals surface area contributed by atoms with Gasteiger partial charge in [-0.05, 0) is 50.3 Å². The fourth-order valence-electron chi connectivity index (χ4n) is 4.34. The second kappa shape index (κ2) is 8.01. The van der Waals surface area contributed by atoms with E-state index in [1.54, 1.807) is 32.7 Å². The number of allylic oxidation sites excluding steroid dienone is 4. The molecule has 0 fully saturated rings. The number of hydrogen-bond acceptors (Lipinski definition) is 0. The molecule has 0 amide bonds. The molecule has 0 nitrogen and oxygen atoms in total. The molecule has 1 unspecified atom stereocenters. The zero-order chi connectivity index (χ0) is 17.8. The average Bonchev–Trinajstić information content (AvgIpc) is 2.85. The van der Waals surface area contributed by atoms with Gasteiger partial charge in [0, 0.05) is 0 Å². The predicted octanol–water partition coefficient (Wildman–Crippen LogP) is 5.11. The molecule has 1 heteroatoms. The molecule has 3 rings (SSSR count). The summed E-state index contributed by atoms with van der Waals surface area (Å²) in [6, 6.07) is 23.8. The minimum atomic E-state index is -1.23. The molecule has 0 aromatic heterocycles. The Labute approximate surface area is 154 Å². The average molecular weight is 347 g/mol. The third-order valence-electron chi connectivity index (χ3n) is 5.97. The first-order chi connectivity index (χ1) is 12.1. The van der Waals surface area contributed by atoms with Crippen molar-refractivity contribution in [1.82, 2.24) is 0 Å². The Morgan fingerprint density at radius 1 is 0.760 bits per heavy atom. The fraction of sp³-hybridized carbons (Fsp3) is 0.333. The summed E-state index contributed by atoms with van der Waals surface area (Å²) in [5.41, 5.74) is 6.44. The van der Waals surface area contributed by atoms with Crippen LogP contribution in [0.4, 0.5) is 0 Å². The summed E-state index contributed by atoms with van der Waals surface area (Å²) in [5, 5.41) is 3.14. The lowest BCUT2D eigenvalue weighted by Gasteiger charge is -2.24. The molecular weight excluding hydrogens is 316 g/mol. The van der Waals surface area contributed by atoms with Crippen molar-refractivity contribution < 1.29 is 0 Å². The van der Waals surface area contributed by atoms with E-state index in [2.05, 4.69) is 88.4 Å². The topological polar surface area (TPSA) is 0 Å². The third-order valence-corrected chi connectivity index (χ3v) is 9.30. The quantitative estimate of drug-likeness (QED) is 0.638. The summed E-state index contributed by atoms with van der Waals surface area (Å²) in [4.78, 5) is 0. The van der Waals surface area contributed by atoms with Crippen LogP contribution in [-0.4, -0.2) is 8.80 Å². The van der Waals surface area contributed by atoms with E-state index in [0.717, 1.165) is 0 Å². The van der Waals surface area contributed by atoms with E-state index in [-0.39, 0.29) is 0 Å². The van der Waals surface area contributed by atoms with Gasteiger partial charge >= 0.3 is 0 Å². The Kier molecular flexibility index (Phi) is 5.75. The smallest absolute Gasteiger partial charge is 0.0651 e. The molecule has 2 aromatic carbocycles. The molecule has 0 radical (unpaired) electrons. The molecular formula is C24H30Si. The molecule has 0 spiro atoms. The van der Waals surface area contributed by atoms with Crippen LogP contribution in [-0.2, 0) is 0 Å². The Morgan fingerprint density at radius 3 is 1.76 bits per heavy atom. The summed E-state index contributed by atoms with van der Waals surface area (Å²) >= 11 is 0. The van der Waals surface area contributed by atoms with Gasteiger partial charge in [0.15, 0.2) is 0 Å². The van der Waals surface area contributed by atoms with Gasteiger partial charge in [0.1, 0.15) is 8.80 Å². The van der Waals surface area contributed by atoms with E-state index in [1.165, 1.54) is 18.9 Å². The van der Waals surface area contributed by atoms with Crippen molar-refractivity contribution in [1.29, 1.82) is 0 Å². The van der Waals surface area contributed by atoms with Gasteiger partial charge in [0.05, 0.1) is 0 Å². The normalized spacial score (nSPS) is 17.7. The van der Waals surface area contributed by atoms with Crippen LogP contribution in [0.2, 0.25) is 6.04 Å². The molecule has 0 aliphatic heterocycles. The summed E-state index contributed by atoms with van der Waals surface area (Å²) in [7, 11) is -1.23. The van der Waals surface area contributed by atoms with Gasteiger partial charge < -0.3 is 0 Å². The van der Waals surface area contributed by atoms with Crippen LogP contribution >= 0.6 is 0 Å². The summed E-state index contributed by atoms with van der Waals surface area (Å²) < 4.78 is 0. The van der Waals surface area contributed by atoms with E-state index in [9.17, 15) is 0 Å². The highest BCUT2D eigenvalue weighted by Crippen LogP contribution is 2.41. The Balaban J connectivity index is 1.98. The second-order valence-electron chi connectivity index (χ2n) is 7.37. The van der Waals surface area contributed by atoms with Crippen LogP contribution < -0.4 is 10.4 Å². The molecule has 0 bridgehead atoms. The van der Waals surface area contributed by atoms with E-state index < -0.39 is 8.80 Å². The fourth-order valence-corrected chi connectivity index (χ4v) is 7.75. The second-order valence-corrected chi connectivity index (χ2v) is 10.3. The minimum Gasteiger partial charge on any atom is -0.0651 e. The van der Waals surface area contributed by atoms with Gasteiger partial charge in [-0.1, -0.05) is 95.5 Å². The molecule has 1 atom stereocenters. The Bertz CT molecular complexity index is 729. The molecule has 2 aromatic rings. The van der Waals surface area contributed by atoms with E-state index in [4.69, 9.17) is 0 Å². The first kappa shape index (κ1) is 17.9. The maximum Gasteiger partial charge on any atom is 0.104 e. The molecule has 1 aliphatic carbocycles. The standard InChI is InChI=1S/C24H30Si/c1-5-12-23-19(3)18(2)20(4)24(23)17-25(21-13-8-6-9-14-21)22-15-10-7-11-16-22/h6-11,13-16,24-25H,5,12,17H2,1-4H3. The molecule has 0 N–H and O–H groups in total. The van der Waals surface area contributed by atoms with Crippen molar-refractivity contribution in [2.24, 2.45) is 5.92 Å². The maximum atomic E-state index is 2.37. The Morgan fingerprint density at radius 2 is 1.28 bits per heavy atom. The lowest BCUT2D eigenvalue weighted by Crippen LogP contribution is -2.43. The SMILES string of the molecule is CCCC1=C(C)C(C)=C(C)C1C[SiH](c1ccccc1)c1ccccc1. The highest BCUT2D eigenvalue weighted by atomic mass is 28.3. The van der Waals surface area contributed by atoms with E-state index >= 15 is 0 Å². The number of benzene rings is 2. The van der Waals surface area contributed by atoms with Gasteiger partial charge in [0.25, 0.3) is 0 Å². The summed E-state index contributed by atoms with van der Waals surface area (Å²) in [5.74, 6) is 0.650. The maximum absolute atomic E-state index is 2.37. The largest absolute Gasteiger partial charge is 0.104 e. The van der Waals surface area contributed by atoms with Crippen LogP contribution in [0.5, 0.6) is 0 Å². The predicted molar refractivity (Wildman–Crippen MR) is 114 cm³/mol. The first-order valence-corrected chi connectivity index (χ1v) is 11.6. The first-order valence-electron chi connectivity index (χ1n) is 9.60. The molecule has 130 valence electrons. The van der Waals surface area contributed by atoms with Gasteiger partial charge in [-0.3, -0.25) is 0 Å². The van der Waals surface area contributed by atoms with Gasteiger partial charge in [-0.2, -0.15) is 0 Å². The summed E-state index contributed by atoms with van der Waals surface area (Å²) in [6.45, 7) is 9.34. The zero-order valence-corrected chi connectivity index (χ0v) is 17.2. The monoisotopic (exact) mass is 346 g/mol. The van der Waals surface area contributed by atoms with Crippen LogP contribution in [0.1, 0.15) is 40.5 Å². The lowest BCUT2D eigenvalue weighted by atomic mass is 9.94. The Hall–Kier alpha value is -1.86. The van der Waals surface area contributed by atoms with Crippen molar-refractivity contribution in [2.75, 3.05) is 0 Å². The number of hydrogen-bond donors (Lipinski definition) is 0. The van der Waals surface area contributed by atoms with Gasteiger partial charge in [-0.25, -0.2) is 0 Å². The van der Waals surface area contributed by atoms with E-state index in [0.29, 0.717) is 5.92 Å². The number of rotatable bonds is 6. The molecule has 0 heterocycles. The van der Waals surface area contributed by atoms with Crippen LogP contribution in [0.25, 0.3) is 0 Å². The van der Waals surface area contributed by atoms with E-state index in [1.807, 2.05) is 0 Å². The van der Waals surface area contributed by atoms with Gasteiger partial charge in [0.2, 0.25) is 0 Å². The third kappa shape index (κ3) is 3.72. The minimum absolute atomic E-state index is 0.650. The summed E-state index contributed by atoms with van der Waals surface area (Å²) in [6.07, 6.45) is 2.49. The highest BCUT2D eigenvalue weighted by Gasteiger charge is 2.30. The highest BCUT2D eigenvalue weighted by molar-refractivity contribution is 6.85. The van der Waals surface area contributed by atoms with Gasteiger partial charge in [-0.15, -0.1) is 0 Å².